The molecule has 1 amide bonds. The summed E-state index contributed by atoms with van der Waals surface area (Å²) in [5.41, 5.74) is 0. The SMILES string of the molecule is CC(C)c1n[nH]c(C2CN(C(=O)CCCn3ccnc3)CCO2)n1. The lowest BCUT2D eigenvalue weighted by Crippen LogP contribution is -2.42. The van der Waals surface area contributed by atoms with Crippen LogP contribution in [0.4, 0.5) is 0 Å². The molecular formula is C16H24N6O2. The van der Waals surface area contributed by atoms with Gasteiger partial charge in [-0.05, 0) is 6.42 Å². The molecule has 0 saturated carbocycles. The molecule has 3 rings (SSSR count). The summed E-state index contributed by atoms with van der Waals surface area (Å²) in [5, 5.41) is 7.15. The summed E-state index contributed by atoms with van der Waals surface area (Å²) in [7, 11) is 0. The van der Waals surface area contributed by atoms with Gasteiger partial charge in [-0.25, -0.2) is 9.97 Å². The maximum absolute atomic E-state index is 12.4. The Morgan fingerprint density at radius 2 is 2.38 bits per heavy atom. The van der Waals surface area contributed by atoms with Crippen LogP contribution in [0.25, 0.3) is 0 Å². The molecule has 8 nitrogen and oxygen atoms in total. The topological polar surface area (TPSA) is 88.9 Å². The summed E-state index contributed by atoms with van der Waals surface area (Å²) in [5.74, 6) is 1.90. The summed E-state index contributed by atoms with van der Waals surface area (Å²) in [6, 6.07) is 0. The van der Waals surface area contributed by atoms with Gasteiger partial charge in [0.15, 0.2) is 11.6 Å². The number of morpholine rings is 1. The van der Waals surface area contributed by atoms with E-state index in [1.807, 2.05) is 29.5 Å². The fraction of sp³-hybridized carbons (Fsp3) is 0.625. The molecule has 0 spiro atoms. The zero-order chi connectivity index (χ0) is 16.9. The van der Waals surface area contributed by atoms with Gasteiger partial charge in [0.2, 0.25) is 5.91 Å². The van der Waals surface area contributed by atoms with Crippen LogP contribution in [0.1, 0.15) is 50.4 Å². The molecule has 1 unspecified atom stereocenters. The Hall–Kier alpha value is -2.22. The summed E-state index contributed by atoms with van der Waals surface area (Å²) >= 11 is 0. The highest BCUT2D eigenvalue weighted by molar-refractivity contribution is 5.76. The number of nitrogens with zero attached hydrogens (tertiary/aromatic N) is 5. The number of amides is 1. The van der Waals surface area contributed by atoms with Crippen molar-refractivity contribution in [3.8, 4) is 0 Å². The Kier molecular flexibility index (Phi) is 5.24. The molecule has 1 aliphatic heterocycles. The van der Waals surface area contributed by atoms with Gasteiger partial charge in [0.1, 0.15) is 6.10 Å². The minimum absolute atomic E-state index is 0.159. The van der Waals surface area contributed by atoms with Crippen molar-refractivity contribution in [3.05, 3.63) is 30.4 Å². The lowest BCUT2D eigenvalue weighted by atomic mass is 10.2. The number of H-pyrrole nitrogens is 1. The fourth-order valence-corrected chi connectivity index (χ4v) is 2.72. The van der Waals surface area contributed by atoms with Crippen LogP contribution in [0, 0.1) is 0 Å². The van der Waals surface area contributed by atoms with Crippen molar-refractivity contribution in [3.63, 3.8) is 0 Å². The third-order valence-corrected chi connectivity index (χ3v) is 4.13. The van der Waals surface area contributed by atoms with E-state index in [0.717, 1.165) is 18.8 Å². The largest absolute Gasteiger partial charge is 0.367 e. The molecule has 1 fully saturated rings. The molecule has 2 aromatic heterocycles. The van der Waals surface area contributed by atoms with E-state index in [1.54, 1.807) is 12.5 Å². The minimum Gasteiger partial charge on any atom is -0.367 e. The van der Waals surface area contributed by atoms with Gasteiger partial charge in [-0.1, -0.05) is 13.8 Å². The third-order valence-electron chi connectivity index (χ3n) is 4.13. The Morgan fingerprint density at radius 1 is 1.50 bits per heavy atom. The zero-order valence-electron chi connectivity index (χ0n) is 14.2. The molecule has 2 aromatic rings. The first kappa shape index (κ1) is 16.6. The van der Waals surface area contributed by atoms with Gasteiger partial charge in [-0.2, -0.15) is 5.10 Å². The maximum atomic E-state index is 12.4. The molecule has 3 heterocycles. The lowest BCUT2D eigenvalue weighted by molar-refractivity contribution is -0.139. The number of hydrogen-bond acceptors (Lipinski definition) is 5. The minimum atomic E-state index is -0.226. The van der Waals surface area contributed by atoms with Gasteiger partial charge < -0.3 is 14.2 Å². The standard InChI is InChI=1S/C16H24N6O2/c1-12(2)15-18-16(20-19-15)13-10-22(8-9-24-13)14(23)4-3-6-21-7-5-17-11-21/h5,7,11-13H,3-4,6,8-10H2,1-2H3,(H,18,19,20). The second kappa shape index (κ2) is 7.57. The fourth-order valence-electron chi connectivity index (χ4n) is 2.72. The maximum Gasteiger partial charge on any atom is 0.222 e. The van der Waals surface area contributed by atoms with Crippen LogP contribution >= 0.6 is 0 Å². The van der Waals surface area contributed by atoms with Crippen molar-refractivity contribution >= 4 is 5.91 Å². The second-order valence-electron chi connectivity index (χ2n) is 6.34. The van der Waals surface area contributed by atoms with E-state index in [9.17, 15) is 4.79 Å². The molecule has 24 heavy (non-hydrogen) atoms. The van der Waals surface area contributed by atoms with Crippen molar-refractivity contribution < 1.29 is 9.53 Å². The molecule has 1 aliphatic rings. The van der Waals surface area contributed by atoms with E-state index in [4.69, 9.17) is 4.74 Å². The van der Waals surface area contributed by atoms with E-state index in [-0.39, 0.29) is 17.9 Å². The number of carbonyl (C=O) groups excluding carboxylic acids is 1. The van der Waals surface area contributed by atoms with Crippen LogP contribution in [0.2, 0.25) is 0 Å². The van der Waals surface area contributed by atoms with Crippen molar-refractivity contribution in [2.24, 2.45) is 0 Å². The summed E-state index contributed by atoms with van der Waals surface area (Å²) < 4.78 is 7.74. The van der Waals surface area contributed by atoms with Gasteiger partial charge >= 0.3 is 0 Å². The highest BCUT2D eigenvalue weighted by Crippen LogP contribution is 2.21. The summed E-state index contributed by atoms with van der Waals surface area (Å²) in [4.78, 5) is 22.8. The first-order chi connectivity index (χ1) is 11.6. The highest BCUT2D eigenvalue weighted by atomic mass is 16.5. The molecule has 0 aliphatic carbocycles. The molecular weight excluding hydrogens is 308 g/mol. The average Bonchev–Trinajstić information content (AvgIpc) is 3.26. The van der Waals surface area contributed by atoms with Crippen LogP contribution < -0.4 is 0 Å². The van der Waals surface area contributed by atoms with Gasteiger partial charge in [-0.15, -0.1) is 0 Å². The monoisotopic (exact) mass is 332 g/mol. The van der Waals surface area contributed by atoms with Gasteiger partial charge in [0.25, 0.3) is 0 Å². The quantitative estimate of drug-likeness (QED) is 0.866. The Labute approximate surface area is 141 Å². The number of carbonyl (C=O) groups is 1. The predicted molar refractivity (Wildman–Crippen MR) is 87.2 cm³/mol. The number of aryl methyl sites for hydroxylation is 1. The Bertz CT molecular complexity index is 651. The van der Waals surface area contributed by atoms with Crippen molar-refractivity contribution in [1.82, 2.24) is 29.6 Å². The predicted octanol–water partition coefficient (Wildman–Crippen LogP) is 1.50. The van der Waals surface area contributed by atoms with E-state index < -0.39 is 0 Å². The smallest absolute Gasteiger partial charge is 0.222 e. The molecule has 8 heteroatoms. The van der Waals surface area contributed by atoms with E-state index >= 15 is 0 Å². The zero-order valence-corrected chi connectivity index (χ0v) is 14.2. The van der Waals surface area contributed by atoms with E-state index in [2.05, 4.69) is 20.2 Å². The molecule has 0 radical (unpaired) electrons. The summed E-state index contributed by atoms with van der Waals surface area (Å²) in [6.07, 6.45) is 6.53. The van der Waals surface area contributed by atoms with Crippen LogP contribution in [-0.4, -0.2) is 55.2 Å². The van der Waals surface area contributed by atoms with Crippen molar-refractivity contribution in [2.75, 3.05) is 19.7 Å². The highest BCUT2D eigenvalue weighted by Gasteiger charge is 2.27. The van der Waals surface area contributed by atoms with Crippen LogP contribution in [0.3, 0.4) is 0 Å². The number of aromatic amines is 1. The second-order valence-corrected chi connectivity index (χ2v) is 6.34. The number of nitrogens with one attached hydrogen (secondary N) is 1. The van der Waals surface area contributed by atoms with Crippen molar-refractivity contribution in [1.29, 1.82) is 0 Å². The lowest BCUT2D eigenvalue weighted by Gasteiger charge is -2.32. The first-order valence-electron chi connectivity index (χ1n) is 8.41. The summed E-state index contributed by atoms with van der Waals surface area (Å²) in [6.45, 7) is 6.58. The van der Waals surface area contributed by atoms with E-state index in [1.165, 1.54) is 0 Å². The number of imidazole rings is 1. The molecule has 0 aromatic carbocycles. The number of ether oxygens (including phenoxy) is 1. The Balaban J connectivity index is 1.51. The number of rotatable bonds is 6. The van der Waals surface area contributed by atoms with Crippen LogP contribution in [-0.2, 0) is 16.1 Å². The van der Waals surface area contributed by atoms with Gasteiger partial charge in [0.05, 0.1) is 19.5 Å². The van der Waals surface area contributed by atoms with Gasteiger partial charge in [0, 0.05) is 37.8 Å². The van der Waals surface area contributed by atoms with Crippen molar-refractivity contribution in [2.45, 2.75) is 45.3 Å². The average molecular weight is 332 g/mol. The first-order valence-corrected chi connectivity index (χ1v) is 8.41. The number of hydrogen-bond donors (Lipinski definition) is 1. The van der Waals surface area contributed by atoms with Gasteiger partial charge in [-0.3, -0.25) is 9.89 Å². The molecule has 0 bridgehead atoms. The molecule has 1 atom stereocenters. The molecule has 1 saturated heterocycles. The molecule has 130 valence electrons. The van der Waals surface area contributed by atoms with E-state index in [0.29, 0.717) is 31.9 Å². The normalized spacial score (nSPS) is 18.3. The molecule has 1 N–H and O–H groups in total. The Morgan fingerprint density at radius 3 is 3.08 bits per heavy atom. The number of aromatic nitrogens is 5. The third kappa shape index (κ3) is 4.00. The van der Waals surface area contributed by atoms with Crippen LogP contribution in [0.15, 0.2) is 18.7 Å². The van der Waals surface area contributed by atoms with Crippen LogP contribution in [0.5, 0.6) is 0 Å².